The first-order valence-corrected chi connectivity index (χ1v) is 22.4. The summed E-state index contributed by atoms with van der Waals surface area (Å²) in [6.45, 7) is 1.82. The summed E-state index contributed by atoms with van der Waals surface area (Å²) in [7, 11) is -0.683. The summed E-state index contributed by atoms with van der Waals surface area (Å²) in [6.07, 6.45) is -8.73. The number of carbonyl (C=O) groups excluding carboxylic acids is 2. The van der Waals surface area contributed by atoms with E-state index < -0.39 is 62.8 Å². The molecule has 4 aromatic rings. The van der Waals surface area contributed by atoms with Crippen LogP contribution in [0.15, 0.2) is 36.4 Å². The van der Waals surface area contributed by atoms with Crippen molar-refractivity contribution < 1.29 is 53.8 Å². The van der Waals surface area contributed by atoms with E-state index in [4.69, 9.17) is 61.6 Å². The van der Waals surface area contributed by atoms with Crippen LogP contribution in [0, 0.1) is 0 Å². The normalized spacial score (nSPS) is 15.0. The molecule has 2 aliphatic heterocycles. The summed E-state index contributed by atoms with van der Waals surface area (Å²) in [5.74, 6) is 0.245. The third-order valence-electron chi connectivity index (χ3n) is 10.1. The maximum absolute atomic E-state index is 13.3. The summed E-state index contributed by atoms with van der Waals surface area (Å²) in [5, 5.41) is 6.57. The van der Waals surface area contributed by atoms with Gasteiger partial charge in [-0.05, 0) is 24.3 Å². The Morgan fingerprint density at radius 1 is 0.688 bits per heavy atom. The summed E-state index contributed by atoms with van der Waals surface area (Å²) < 4.78 is 116. The van der Waals surface area contributed by atoms with E-state index in [-0.39, 0.29) is 30.4 Å². The average molecular weight is 1010 g/mol. The fourth-order valence-electron chi connectivity index (χ4n) is 6.71. The molecule has 2 aromatic carbocycles. The van der Waals surface area contributed by atoms with Gasteiger partial charge in [0, 0.05) is 82.4 Å². The summed E-state index contributed by atoms with van der Waals surface area (Å²) in [6, 6.07) is 10.7. The fourth-order valence-corrected chi connectivity index (χ4v) is 8.13. The largest absolute Gasteiger partial charge is 0.495 e. The molecule has 0 unspecified atom stereocenters. The molecular formula is C37H42Cl4F6N10O6S. The van der Waals surface area contributed by atoms with Gasteiger partial charge in [0.05, 0.1) is 58.5 Å². The van der Waals surface area contributed by atoms with Crippen molar-refractivity contribution in [3.05, 3.63) is 79.3 Å². The molecule has 0 saturated carbocycles. The Morgan fingerprint density at radius 3 is 1.41 bits per heavy atom. The van der Waals surface area contributed by atoms with Gasteiger partial charge >= 0.3 is 12.4 Å². The molecule has 2 amide bonds. The van der Waals surface area contributed by atoms with Crippen molar-refractivity contribution in [1.29, 1.82) is 0 Å². The molecule has 27 heteroatoms. The number of amides is 2. The van der Waals surface area contributed by atoms with E-state index >= 15 is 0 Å². The second kappa shape index (κ2) is 20.8. The Kier molecular flexibility index (Phi) is 16.5. The van der Waals surface area contributed by atoms with Gasteiger partial charge in [0.15, 0.2) is 11.4 Å². The van der Waals surface area contributed by atoms with E-state index in [1.54, 1.807) is 23.1 Å². The number of anilines is 2. The summed E-state index contributed by atoms with van der Waals surface area (Å²) >= 11 is 23.7. The summed E-state index contributed by atoms with van der Waals surface area (Å²) in [4.78, 5) is 32.6. The number of rotatable bonds is 12. The van der Waals surface area contributed by atoms with Crippen molar-refractivity contribution in [2.24, 2.45) is 5.73 Å². The molecule has 2 saturated heterocycles. The zero-order valence-corrected chi connectivity index (χ0v) is 38.1. The molecule has 4 heterocycles. The number of aromatic nitrogens is 4. The van der Waals surface area contributed by atoms with Crippen LogP contribution in [0.25, 0.3) is 0 Å². The van der Waals surface area contributed by atoms with Gasteiger partial charge in [-0.3, -0.25) is 19.0 Å². The van der Waals surface area contributed by atoms with Crippen LogP contribution in [-0.2, 0) is 58.1 Å². The lowest BCUT2D eigenvalue weighted by Gasteiger charge is -2.36. The molecule has 2 fully saturated rings. The minimum atomic E-state index is -4.86. The molecule has 6 rings (SSSR count). The molecule has 352 valence electrons. The molecule has 2 aliphatic rings. The zero-order valence-electron chi connectivity index (χ0n) is 34.2. The van der Waals surface area contributed by atoms with Crippen LogP contribution in [-0.4, -0.2) is 122 Å². The van der Waals surface area contributed by atoms with Crippen LogP contribution in [0.2, 0.25) is 20.1 Å². The summed E-state index contributed by atoms with van der Waals surface area (Å²) in [5.41, 5.74) is 4.39. The molecular weight excluding hydrogens is 968 g/mol. The predicted octanol–water partition coefficient (Wildman–Crippen LogP) is 5.64. The minimum absolute atomic E-state index is 0.0239. The standard InChI is InChI=1S/C19H22Cl2F3N5O4S.C18H20Cl2F3N5O2/c1-33-15-9-12(3-4-13(15)20)27-5-7-28(8-6-27)16(30)11-29-14(10-25-34(2,31)32)17(21)18(26-29)19(22,23)24;1-30-14-8-11(2-3-12(14)19)26-4-6-27(7-5-26)15(29)10-28-13(9-24)16(20)17(25-28)18(21,22)23/h3-4,9,25H,5-8,10-11H2,1-2H3;2-3,8H,4-7,9-10,24H2,1H3. The van der Waals surface area contributed by atoms with Crippen LogP contribution >= 0.6 is 46.4 Å². The smallest absolute Gasteiger partial charge is 0.436 e. The Balaban J connectivity index is 0.000000243. The van der Waals surface area contributed by atoms with Gasteiger partial charge in [0.1, 0.15) is 24.6 Å². The highest BCUT2D eigenvalue weighted by molar-refractivity contribution is 7.88. The molecule has 3 N–H and O–H groups in total. The number of methoxy groups -OCH3 is 2. The maximum atomic E-state index is 13.3. The van der Waals surface area contributed by atoms with E-state index in [2.05, 4.69) is 19.8 Å². The van der Waals surface area contributed by atoms with Crippen LogP contribution in [0.3, 0.4) is 0 Å². The SMILES string of the molecule is COc1cc(N2CCN(C(=O)Cn3nc(C(F)(F)F)c(Cl)c3CN)CC2)ccc1Cl.COc1cc(N2CCN(C(=O)Cn3nc(C(F)(F)F)c(Cl)c3CNS(C)(=O)=O)CC2)ccc1Cl. The Labute approximate surface area is 383 Å². The van der Waals surface area contributed by atoms with E-state index in [9.17, 15) is 44.3 Å². The van der Waals surface area contributed by atoms with Crippen molar-refractivity contribution >= 4 is 79.6 Å². The third kappa shape index (κ3) is 12.5. The van der Waals surface area contributed by atoms with Crippen LogP contribution < -0.4 is 29.7 Å². The number of benzene rings is 2. The van der Waals surface area contributed by atoms with Crippen molar-refractivity contribution in [2.45, 2.75) is 38.5 Å². The number of nitrogens with one attached hydrogen (secondary N) is 1. The Morgan fingerprint density at radius 2 is 1.06 bits per heavy atom. The highest BCUT2D eigenvalue weighted by Crippen LogP contribution is 2.37. The number of alkyl halides is 6. The van der Waals surface area contributed by atoms with Crippen LogP contribution in [0.1, 0.15) is 22.8 Å². The quantitative estimate of drug-likeness (QED) is 0.168. The Bertz CT molecular complexity index is 2420. The minimum Gasteiger partial charge on any atom is -0.495 e. The van der Waals surface area contributed by atoms with Crippen molar-refractivity contribution in [2.75, 3.05) is 82.6 Å². The lowest BCUT2D eigenvalue weighted by Crippen LogP contribution is -2.49. The highest BCUT2D eigenvalue weighted by Gasteiger charge is 2.40. The number of carbonyl (C=O) groups is 2. The first-order chi connectivity index (χ1) is 29.9. The zero-order chi connectivity index (χ0) is 47.3. The number of hydrogen-bond donors (Lipinski definition) is 2. The number of sulfonamides is 1. The van der Waals surface area contributed by atoms with Gasteiger partial charge in [-0.2, -0.15) is 36.5 Å². The number of hydrogen-bond acceptors (Lipinski definition) is 11. The first kappa shape index (κ1) is 50.6. The Hall–Kier alpha value is -4.39. The predicted molar refractivity (Wildman–Crippen MR) is 228 cm³/mol. The van der Waals surface area contributed by atoms with Crippen molar-refractivity contribution in [1.82, 2.24) is 34.1 Å². The number of piperazine rings is 2. The molecule has 2 aromatic heterocycles. The van der Waals surface area contributed by atoms with E-state index in [0.29, 0.717) is 73.9 Å². The van der Waals surface area contributed by atoms with Gasteiger partial charge in [0.25, 0.3) is 0 Å². The maximum Gasteiger partial charge on any atom is 0.436 e. The molecule has 0 aliphatic carbocycles. The molecule has 0 atom stereocenters. The number of nitrogens with two attached hydrogens (primary N) is 1. The van der Waals surface area contributed by atoms with Gasteiger partial charge in [0.2, 0.25) is 21.8 Å². The molecule has 0 spiro atoms. The van der Waals surface area contributed by atoms with Gasteiger partial charge in [-0.25, -0.2) is 13.1 Å². The second-order valence-corrected chi connectivity index (χ2v) is 17.6. The monoisotopic (exact) mass is 1010 g/mol. The number of nitrogens with zero attached hydrogens (tertiary/aromatic N) is 8. The lowest BCUT2D eigenvalue weighted by molar-refractivity contribution is -0.142. The lowest BCUT2D eigenvalue weighted by atomic mass is 10.2. The van der Waals surface area contributed by atoms with Gasteiger partial charge in [-0.15, -0.1) is 0 Å². The van der Waals surface area contributed by atoms with Gasteiger partial charge in [-0.1, -0.05) is 46.4 Å². The molecule has 0 bridgehead atoms. The fraction of sp³-hybridized carbons (Fsp3) is 0.459. The average Bonchev–Trinajstić information content (AvgIpc) is 3.74. The van der Waals surface area contributed by atoms with E-state index in [1.165, 1.54) is 19.1 Å². The molecule has 16 nitrogen and oxygen atoms in total. The number of ether oxygens (including phenoxy) is 2. The second-order valence-electron chi connectivity index (χ2n) is 14.2. The highest BCUT2D eigenvalue weighted by atomic mass is 35.5. The first-order valence-electron chi connectivity index (χ1n) is 19.0. The van der Waals surface area contributed by atoms with Crippen LogP contribution in [0.5, 0.6) is 11.5 Å². The van der Waals surface area contributed by atoms with Crippen molar-refractivity contribution in [3.8, 4) is 11.5 Å². The van der Waals surface area contributed by atoms with Crippen LogP contribution in [0.4, 0.5) is 37.7 Å². The molecule has 64 heavy (non-hydrogen) atoms. The third-order valence-corrected chi connectivity index (χ3v) is 12.1. The van der Waals surface area contributed by atoms with E-state index in [0.717, 1.165) is 27.0 Å². The molecule has 0 radical (unpaired) electrons. The topological polar surface area (TPSA) is 173 Å². The number of halogens is 10. The van der Waals surface area contributed by atoms with Crippen molar-refractivity contribution in [3.63, 3.8) is 0 Å². The van der Waals surface area contributed by atoms with Gasteiger partial charge < -0.3 is 34.8 Å². The van der Waals surface area contributed by atoms with E-state index in [1.807, 2.05) is 23.1 Å².